The summed E-state index contributed by atoms with van der Waals surface area (Å²) in [7, 11) is 0. The highest BCUT2D eigenvalue weighted by Crippen LogP contribution is 2.30. The quantitative estimate of drug-likeness (QED) is 0.822. The van der Waals surface area contributed by atoms with Crippen LogP contribution in [0.15, 0.2) is 0 Å². The molecule has 0 unspecified atom stereocenters. The van der Waals surface area contributed by atoms with Gasteiger partial charge in [0.25, 0.3) is 0 Å². The van der Waals surface area contributed by atoms with Crippen molar-refractivity contribution in [3.05, 3.63) is 5.69 Å². The van der Waals surface area contributed by atoms with Crippen molar-refractivity contribution in [1.82, 2.24) is 9.78 Å². The van der Waals surface area contributed by atoms with Crippen LogP contribution in [0.2, 0.25) is 0 Å². The molecule has 1 rings (SSSR count). The topological polar surface area (TPSA) is 47.1 Å². The first-order valence-electron chi connectivity index (χ1n) is 7.55. The van der Waals surface area contributed by atoms with Gasteiger partial charge in [-0.1, -0.05) is 27.7 Å². The van der Waals surface area contributed by atoms with Gasteiger partial charge in [-0.2, -0.15) is 5.10 Å². The van der Waals surface area contributed by atoms with Crippen molar-refractivity contribution >= 4 is 11.5 Å². The molecule has 0 saturated heterocycles. The van der Waals surface area contributed by atoms with Gasteiger partial charge in [-0.05, 0) is 32.6 Å². The lowest BCUT2D eigenvalue weighted by Gasteiger charge is -2.34. The van der Waals surface area contributed by atoms with E-state index in [0.29, 0.717) is 12.0 Å². The van der Waals surface area contributed by atoms with Gasteiger partial charge in [0.05, 0.1) is 11.4 Å². The number of nitrogen functional groups attached to an aromatic ring is 1. The average Bonchev–Trinajstić information content (AvgIpc) is 2.65. The molecule has 0 saturated carbocycles. The maximum absolute atomic E-state index is 6.28. The molecule has 4 heteroatoms. The van der Waals surface area contributed by atoms with Gasteiger partial charge in [-0.15, -0.1) is 0 Å². The van der Waals surface area contributed by atoms with Crippen LogP contribution in [0.4, 0.5) is 11.5 Å². The SMILES string of the molecule is CCC(CC)N(CC(C)C)c1c(N)c(C)nn1CC. The predicted octanol–water partition coefficient (Wildman–Crippen LogP) is 3.44. The van der Waals surface area contributed by atoms with Crippen LogP contribution < -0.4 is 10.6 Å². The smallest absolute Gasteiger partial charge is 0.150 e. The van der Waals surface area contributed by atoms with E-state index in [9.17, 15) is 0 Å². The van der Waals surface area contributed by atoms with E-state index in [1.165, 1.54) is 0 Å². The summed E-state index contributed by atoms with van der Waals surface area (Å²) in [5, 5.41) is 4.56. The Bertz CT molecular complexity index is 391. The zero-order valence-corrected chi connectivity index (χ0v) is 13.4. The molecule has 2 N–H and O–H groups in total. The standard InChI is InChI=1S/C15H30N4/c1-7-13(8-2)18(10-11(4)5)15-14(16)12(6)17-19(15)9-3/h11,13H,7-10,16H2,1-6H3. The number of hydrogen-bond acceptors (Lipinski definition) is 3. The van der Waals surface area contributed by atoms with Crippen LogP contribution >= 0.6 is 0 Å². The molecule has 0 aliphatic carbocycles. The molecule has 0 bridgehead atoms. The second-order valence-corrected chi connectivity index (χ2v) is 5.65. The molecule has 110 valence electrons. The summed E-state index contributed by atoms with van der Waals surface area (Å²) in [6.07, 6.45) is 2.27. The van der Waals surface area contributed by atoms with Crippen molar-refractivity contribution in [2.45, 2.75) is 67.0 Å². The van der Waals surface area contributed by atoms with E-state index in [0.717, 1.165) is 43.1 Å². The van der Waals surface area contributed by atoms with E-state index in [1.807, 2.05) is 11.6 Å². The highest BCUT2D eigenvalue weighted by molar-refractivity contribution is 5.66. The summed E-state index contributed by atoms with van der Waals surface area (Å²) in [6, 6.07) is 0.533. The Morgan fingerprint density at radius 1 is 1.21 bits per heavy atom. The van der Waals surface area contributed by atoms with Crippen molar-refractivity contribution < 1.29 is 0 Å². The summed E-state index contributed by atoms with van der Waals surface area (Å²) < 4.78 is 2.05. The molecule has 0 aliphatic rings. The van der Waals surface area contributed by atoms with Crippen molar-refractivity contribution in [3.8, 4) is 0 Å². The molecule has 19 heavy (non-hydrogen) atoms. The number of anilines is 2. The van der Waals surface area contributed by atoms with Crippen LogP contribution in [0.3, 0.4) is 0 Å². The summed E-state index contributed by atoms with van der Waals surface area (Å²) in [5.74, 6) is 1.72. The highest BCUT2D eigenvalue weighted by Gasteiger charge is 2.24. The maximum Gasteiger partial charge on any atom is 0.150 e. The molecule has 0 aliphatic heterocycles. The van der Waals surface area contributed by atoms with Crippen LogP contribution in [0.25, 0.3) is 0 Å². The van der Waals surface area contributed by atoms with Gasteiger partial charge in [-0.3, -0.25) is 0 Å². The van der Waals surface area contributed by atoms with E-state index in [-0.39, 0.29) is 0 Å². The third-order valence-electron chi connectivity index (χ3n) is 3.66. The summed E-state index contributed by atoms with van der Waals surface area (Å²) in [4.78, 5) is 2.46. The first-order valence-corrected chi connectivity index (χ1v) is 7.55. The van der Waals surface area contributed by atoms with E-state index in [1.54, 1.807) is 0 Å². The fourth-order valence-electron chi connectivity index (χ4n) is 2.64. The Hall–Kier alpha value is -1.19. The molecule has 0 amide bonds. The summed E-state index contributed by atoms with van der Waals surface area (Å²) in [6.45, 7) is 15.0. The minimum absolute atomic E-state index is 0.533. The molecule has 1 aromatic heterocycles. The molecule has 0 radical (unpaired) electrons. The monoisotopic (exact) mass is 266 g/mol. The van der Waals surface area contributed by atoms with E-state index in [2.05, 4.69) is 44.6 Å². The summed E-state index contributed by atoms with van der Waals surface area (Å²) >= 11 is 0. The van der Waals surface area contributed by atoms with Gasteiger partial charge >= 0.3 is 0 Å². The first-order chi connectivity index (χ1) is 8.96. The lowest BCUT2D eigenvalue weighted by Crippen LogP contribution is -2.39. The van der Waals surface area contributed by atoms with Gasteiger partial charge < -0.3 is 10.6 Å². The zero-order valence-electron chi connectivity index (χ0n) is 13.4. The van der Waals surface area contributed by atoms with Crippen molar-refractivity contribution in [1.29, 1.82) is 0 Å². The lowest BCUT2D eigenvalue weighted by atomic mass is 10.1. The molecule has 4 nitrogen and oxygen atoms in total. The van der Waals surface area contributed by atoms with Crippen molar-refractivity contribution in [2.75, 3.05) is 17.2 Å². The van der Waals surface area contributed by atoms with E-state index >= 15 is 0 Å². The predicted molar refractivity (Wildman–Crippen MR) is 83.6 cm³/mol. The van der Waals surface area contributed by atoms with Gasteiger partial charge in [0.15, 0.2) is 5.82 Å². The molecule has 0 spiro atoms. The third-order valence-corrected chi connectivity index (χ3v) is 3.66. The van der Waals surface area contributed by atoms with E-state index in [4.69, 9.17) is 5.73 Å². The number of hydrogen-bond donors (Lipinski definition) is 1. The lowest BCUT2D eigenvalue weighted by molar-refractivity contribution is 0.489. The molecule has 0 atom stereocenters. The van der Waals surface area contributed by atoms with Gasteiger partial charge in [-0.25, -0.2) is 4.68 Å². The van der Waals surface area contributed by atoms with Crippen LogP contribution in [0.5, 0.6) is 0 Å². The second-order valence-electron chi connectivity index (χ2n) is 5.65. The Balaban J connectivity index is 3.23. The first kappa shape index (κ1) is 15.9. The van der Waals surface area contributed by atoms with Crippen LogP contribution in [-0.4, -0.2) is 22.4 Å². The average molecular weight is 266 g/mol. The minimum atomic E-state index is 0.533. The summed E-state index contributed by atoms with van der Waals surface area (Å²) in [5.41, 5.74) is 8.06. The van der Waals surface area contributed by atoms with Crippen molar-refractivity contribution in [3.63, 3.8) is 0 Å². The van der Waals surface area contributed by atoms with Gasteiger partial charge in [0, 0.05) is 19.1 Å². The minimum Gasteiger partial charge on any atom is -0.394 e. The Morgan fingerprint density at radius 3 is 2.21 bits per heavy atom. The number of rotatable bonds is 7. The fourth-order valence-corrected chi connectivity index (χ4v) is 2.64. The number of aryl methyl sites for hydroxylation is 2. The second kappa shape index (κ2) is 6.83. The molecule has 1 aromatic rings. The van der Waals surface area contributed by atoms with E-state index < -0.39 is 0 Å². The van der Waals surface area contributed by atoms with Crippen LogP contribution in [0, 0.1) is 12.8 Å². The normalized spacial score (nSPS) is 11.6. The van der Waals surface area contributed by atoms with Gasteiger partial charge in [0.2, 0.25) is 0 Å². The number of nitrogens with zero attached hydrogens (tertiary/aromatic N) is 3. The van der Waals surface area contributed by atoms with Gasteiger partial charge in [0.1, 0.15) is 0 Å². The highest BCUT2D eigenvalue weighted by atomic mass is 15.4. The maximum atomic E-state index is 6.28. The molecular formula is C15H30N4. The molecule has 0 aromatic carbocycles. The molecular weight excluding hydrogens is 236 g/mol. The Morgan fingerprint density at radius 2 is 1.79 bits per heavy atom. The fraction of sp³-hybridized carbons (Fsp3) is 0.800. The Kier molecular flexibility index (Phi) is 5.70. The van der Waals surface area contributed by atoms with Crippen molar-refractivity contribution in [2.24, 2.45) is 5.92 Å². The number of nitrogens with two attached hydrogens (primary N) is 1. The third kappa shape index (κ3) is 3.43. The van der Waals surface area contributed by atoms with Crippen LogP contribution in [-0.2, 0) is 6.54 Å². The zero-order chi connectivity index (χ0) is 14.6. The molecule has 0 fully saturated rings. The van der Waals surface area contributed by atoms with Crippen LogP contribution in [0.1, 0.15) is 53.2 Å². The Labute approximate surface area is 118 Å². The largest absolute Gasteiger partial charge is 0.394 e. The number of aromatic nitrogens is 2. The molecule has 1 heterocycles.